The molecule has 2 aromatic heterocycles. The van der Waals surface area contributed by atoms with Crippen LogP contribution in [-0.4, -0.2) is 15.2 Å². The molecule has 0 saturated carbocycles. The third-order valence-corrected chi connectivity index (χ3v) is 4.38. The first kappa shape index (κ1) is 14.0. The van der Waals surface area contributed by atoms with Gasteiger partial charge in [-0.3, -0.25) is 5.10 Å². The van der Waals surface area contributed by atoms with Crippen molar-refractivity contribution in [1.82, 2.24) is 15.2 Å². The van der Waals surface area contributed by atoms with Crippen LogP contribution < -0.4 is 0 Å². The lowest BCUT2D eigenvalue weighted by Gasteiger charge is -2.07. The van der Waals surface area contributed by atoms with Gasteiger partial charge in [-0.05, 0) is 36.8 Å². The smallest absolute Gasteiger partial charge is 0.0730 e. The van der Waals surface area contributed by atoms with Crippen molar-refractivity contribution < 1.29 is 0 Å². The number of fused-ring (bicyclic) bond motifs is 2. The topological polar surface area (TPSA) is 41.6 Å². The maximum Gasteiger partial charge on any atom is 0.0730 e. The lowest BCUT2D eigenvalue weighted by atomic mass is 10.1. The fourth-order valence-electron chi connectivity index (χ4n) is 2.78. The highest BCUT2D eigenvalue weighted by Crippen LogP contribution is 2.30. The Hall–Kier alpha value is -2.65. The summed E-state index contributed by atoms with van der Waals surface area (Å²) in [7, 11) is 0. The molecule has 112 valence electrons. The van der Waals surface area contributed by atoms with E-state index in [1.54, 1.807) is 0 Å². The fraction of sp³-hybridized carbons (Fsp3) is 0.0526. The number of pyridine rings is 1. The van der Waals surface area contributed by atoms with Gasteiger partial charge >= 0.3 is 0 Å². The highest BCUT2D eigenvalue weighted by Gasteiger charge is 2.09. The number of aryl methyl sites for hydroxylation is 1. The summed E-state index contributed by atoms with van der Waals surface area (Å²) >= 11 is 6.45. The van der Waals surface area contributed by atoms with E-state index in [1.807, 2.05) is 49.4 Å². The number of halogens is 1. The lowest BCUT2D eigenvalue weighted by molar-refractivity contribution is 1.07. The summed E-state index contributed by atoms with van der Waals surface area (Å²) in [5.41, 5.74) is 5.77. The molecule has 23 heavy (non-hydrogen) atoms. The quantitative estimate of drug-likeness (QED) is 0.538. The van der Waals surface area contributed by atoms with Gasteiger partial charge in [0.2, 0.25) is 0 Å². The fourth-order valence-corrected chi connectivity index (χ4v) is 3.05. The van der Waals surface area contributed by atoms with Gasteiger partial charge in [-0.15, -0.1) is 0 Å². The molecule has 4 aromatic rings. The molecule has 4 heteroatoms. The number of nitrogens with zero attached hydrogens (tertiary/aromatic N) is 2. The summed E-state index contributed by atoms with van der Waals surface area (Å²) in [6.45, 7) is 5.79. The number of benzene rings is 2. The van der Waals surface area contributed by atoms with Crippen LogP contribution in [0, 0.1) is 6.92 Å². The van der Waals surface area contributed by atoms with Gasteiger partial charge < -0.3 is 0 Å². The zero-order valence-corrected chi connectivity index (χ0v) is 13.4. The number of aromatic amines is 1. The summed E-state index contributed by atoms with van der Waals surface area (Å²) in [5, 5.41) is 10.00. The number of aromatic nitrogens is 3. The maximum atomic E-state index is 6.45. The molecular weight excluding hydrogens is 306 g/mol. The third kappa shape index (κ3) is 2.30. The van der Waals surface area contributed by atoms with E-state index in [2.05, 4.69) is 22.8 Å². The van der Waals surface area contributed by atoms with E-state index in [0.29, 0.717) is 5.02 Å². The molecule has 0 amide bonds. The van der Waals surface area contributed by atoms with Crippen molar-refractivity contribution in [3.8, 4) is 11.3 Å². The minimum atomic E-state index is 0.699. The van der Waals surface area contributed by atoms with Crippen molar-refractivity contribution in [1.29, 1.82) is 0 Å². The number of rotatable bonds is 2. The van der Waals surface area contributed by atoms with Gasteiger partial charge in [-0.2, -0.15) is 5.10 Å². The van der Waals surface area contributed by atoms with Crippen LogP contribution >= 0.6 is 11.6 Å². The van der Waals surface area contributed by atoms with Crippen LogP contribution in [0.1, 0.15) is 11.3 Å². The van der Waals surface area contributed by atoms with E-state index in [-0.39, 0.29) is 0 Å². The second-order valence-electron chi connectivity index (χ2n) is 5.54. The Bertz CT molecular complexity index is 1060. The molecule has 0 aliphatic rings. The number of hydrogen-bond donors (Lipinski definition) is 1. The van der Waals surface area contributed by atoms with E-state index in [1.165, 1.54) is 0 Å². The van der Waals surface area contributed by atoms with Crippen molar-refractivity contribution in [2.45, 2.75) is 6.92 Å². The third-order valence-electron chi connectivity index (χ3n) is 4.07. The van der Waals surface area contributed by atoms with Crippen molar-refractivity contribution in [2.24, 2.45) is 0 Å². The zero-order chi connectivity index (χ0) is 16.0. The number of H-pyrrole nitrogens is 1. The first-order valence-corrected chi connectivity index (χ1v) is 7.71. The van der Waals surface area contributed by atoms with Crippen molar-refractivity contribution in [2.75, 3.05) is 0 Å². The Kier molecular flexibility index (Phi) is 3.17. The molecule has 2 heterocycles. The van der Waals surface area contributed by atoms with Gasteiger partial charge in [0.1, 0.15) is 0 Å². The Morgan fingerprint density at radius 2 is 1.96 bits per heavy atom. The van der Waals surface area contributed by atoms with E-state index in [9.17, 15) is 0 Å². The standard InChI is InChI=1S/C19H14ClN3/c1-3-12-4-6-14-16(20)10-18(21-19(14)8-12)13-5-7-17-15(9-13)11(2)22-23-17/h3-10H,1H2,2H3,(H,22,23). The summed E-state index contributed by atoms with van der Waals surface area (Å²) in [4.78, 5) is 4.77. The predicted octanol–water partition coefficient (Wildman–Crippen LogP) is 5.38. The van der Waals surface area contributed by atoms with Crippen molar-refractivity contribution in [3.05, 3.63) is 65.3 Å². The molecular formula is C19H14ClN3. The SMILES string of the molecule is C=Cc1ccc2c(Cl)cc(-c3ccc4[nH]nc(C)c4c3)nc2c1. The summed E-state index contributed by atoms with van der Waals surface area (Å²) in [6, 6.07) is 14.0. The molecule has 3 nitrogen and oxygen atoms in total. The zero-order valence-electron chi connectivity index (χ0n) is 12.6. The van der Waals surface area contributed by atoms with Crippen LogP contribution in [0.3, 0.4) is 0 Å². The predicted molar refractivity (Wildman–Crippen MR) is 96.7 cm³/mol. The van der Waals surface area contributed by atoms with Crippen LogP contribution in [-0.2, 0) is 0 Å². The lowest BCUT2D eigenvalue weighted by Crippen LogP contribution is -1.88. The van der Waals surface area contributed by atoms with Crippen LogP contribution in [0.5, 0.6) is 0 Å². The molecule has 0 spiro atoms. The molecule has 0 fully saturated rings. The number of hydrogen-bond acceptors (Lipinski definition) is 2. The Balaban J connectivity index is 1.95. The van der Waals surface area contributed by atoms with Crippen LogP contribution in [0.2, 0.25) is 5.02 Å². The Morgan fingerprint density at radius 1 is 1.09 bits per heavy atom. The van der Waals surface area contributed by atoms with Crippen molar-refractivity contribution >= 4 is 39.5 Å². The molecule has 0 bridgehead atoms. The van der Waals surface area contributed by atoms with Crippen LogP contribution in [0.25, 0.3) is 39.1 Å². The molecule has 0 aliphatic carbocycles. The van der Waals surface area contributed by atoms with Gasteiger partial charge in [0.05, 0.1) is 27.4 Å². The Morgan fingerprint density at radius 3 is 2.78 bits per heavy atom. The largest absolute Gasteiger partial charge is 0.278 e. The Labute approximate surface area is 138 Å². The minimum absolute atomic E-state index is 0.699. The molecule has 0 unspecified atom stereocenters. The summed E-state index contributed by atoms with van der Waals surface area (Å²) in [5.74, 6) is 0. The van der Waals surface area contributed by atoms with Crippen molar-refractivity contribution in [3.63, 3.8) is 0 Å². The second-order valence-corrected chi connectivity index (χ2v) is 5.95. The number of nitrogens with one attached hydrogen (secondary N) is 1. The maximum absolute atomic E-state index is 6.45. The summed E-state index contributed by atoms with van der Waals surface area (Å²) in [6.07, 6.45) is 1.81. The van der Waals surface area contributed by atoms with E-state index in [0.717, 1.165) is 44.3 Å². The molecule has 2 aromatic carbocycles. The first-order valence-electron chi connectivity index (χ1n) is 7.33. The van der Waals surface area contributed by atoms with Crippen LogP contribution in [0.15, 0.2) is 49.0 Å². The van der Waals surface area contributed by atoms with Gasteiger partial charge in [0.25, 0.3) is 0 Å². The average Bonchev–Trinajstić information content (AvgIpc) is 2.95. The van der Waals surface area contributed by atoms with Gasteiger partial charge in [-0.1, -0.05) is 42.5 Å². The molecule has 4 rings (SSSR count). The van der Waals surface area contributed by atoms with Crippen LogP contribution in [0.4, 0.5) is 0 Å². The van der Waals surface area contributed by atoms with E-state index in [4.69, 9.17) is 16.6 Å². The average molecular weight is 320 g/mol. The molecule has 0 radical (unpaired) electrons. The normalized spacial score (nSPS) is 11.2. The summed E-state index contributed by atoms with van der Waals surface area (Å²) < 4.78 is 0. The van der Waals surface area contributed by atoms with Gasteiger partial charge in [0, 0.05) is 16.3 Å². The van der Waals surface area contributed by atoms with E-state index < -0.39 is 0 Å². The molecule has 0 aliphatic heterocycles. The highest BCUT2D eigenvalue weighted by atomic mass is 35.5. The first-order chi connectivity index (χ1) is 11.2. The monoisotopic (exact) mass is 319 g/mol. The molecule has 0 atom stereocenters. The van der Waals surface area contributed by atoms with E-state index >= 15 is 0 Å². The molecule has 0 saturated heterocycles. The minimum Gasteiger partial charge on any atom is -0.278 e. The second kappa shape index (κ2) is 5.21. The molecule has 1 N–H and O–H groups in total. The van der Waals surface area contributed by atoms with Gasteiger partial charge in [0.15, 0.2) is 0 Å². The van der Waals surface area contributed by atoms with Gasteiger partial charge in [-0.25, -0.2) is 4.98 Å². The highest BCUT2D eigenvalue weighted by molar-refractivity contribution is 6.35.